The number of nitrogens with two attached hydrogens (primary N) is 1. The highest BCUT2D eigenvalue weighted by Gasteiger charge is 2.30. The molecule has 2 atom stereocenters. The van der Waals surface area contributed by atoms with Gasteiger partial charge in [0.25, 0.3) is 0 Å². The Bertz CT molecular complexity index is 231. The fraction of sp³-hybridized carbons (Fsp3) is 0.750. The van der Waals surface area contributed by atoms with Crippen molar-refractivity contribution >= 4 is 11.9 Å². The first-order valence-electron chi connectivity index (χ1n) is 4.40. The minimum atomic E-state index is -0.907. The van der Waals surface area contributed by atoms with Crippen molar-refractivity contribution < 1.29 is 19.4 Å². The normalized spacial score (nSPS) is 25.6. The smallest absolute Gasteiger partial charge is 0.320 e. The summed E-state index contributed by atoms with van der Waals surface area (Å²) >= 11 is 0. The number of carbonyl (C=O) groups is 2. The number of hydrogen-bond acceptors (Lipinski definition) is 4. The van der Waals surface area contributed by atoms with Gasteiger partial charge in [-0.3, -0.25) is 14.5 Å². The van der Waals surface area contributed by atoms with Crippen LogP contribution < -0.4 is 5.73 Å². The molecule has 0 aromatic rings. The molecule has 0 aliphatic carbocycles. The fourth-order valence-electron chi connectivity index (χ4n) is 1.35. The van der Waals surface area contributed by atoms with Crippen molar-refractivity contribution in [1.82, 2.24) is 4.90 Å². The second-order valence-electron chi connectivity index (χ2n) is 3.27. The molecule has 1 rings (SSSR count). The summed E-state index contributed by atoms with van der Waals surface area (Å²) in [7, 11) is 0. The Labute approximate surface area is 81.6 Å². The average Bonchev–Trinajstić information content (AvgIpc) is 2.16. The van der Waals surface area contributed by atoms with Gasteiger partial charge < -0.3 is 15.6 Å². The number of morpholine rings is 1. The van der Waals surface area contributed by atoms with Gasteiger partial charge >= 0.3 is 5.97 Å². The monoisotopic (exact) mass is 202 g/mol. The quantitative estimate of drug-likeness (QED) is 0.590. The number of primary amides is 1. The van der Waals surface area contributed by atoms with Crippen LogP contribution in [0.5, 0.6) is 0 Å². The molecular formula is C8H14N2O4. The number of nitrogens with zero attached hydrogens (tertiary/aromatic N) is 1. The SMILES string of the molecule is CC(C(=O)O)N1CCOC(C(N)=O)C1. The highest BCUT2D eigenvalue weighted by Crippen LogP contribution is 2.08. The number of amides is 1. The molecule has 0 radical (unpaired) electrons. The van der Waals surface area contributed by atoms with Crippen LogP contribution in [0.25, 0.3) is 0 Å². The van der Waals surface area contributed by atoms with Crippen LogP contribution in [0, 0.1) is 0 Å². The molecule has 80 valence electrons. The Balaban J connectivity index is 2.55. The molecule has 0 aromatic carbocycles. The summed E-state index contributed by atoms with van der Waals surface area (Å²) < 4.78 is 5.09. The molecule has 3 N–H and O–H groups in total. The van der Waals surface area contributed by atoms with Gasteiger partial charge in [-0.2, -0.15) is 0 Å². The van der Waals surface area contributed by atoms with Crippen LogP contribution in [0.2, 0.25) is 0 Å². The third kappa shape index (κ3) is 2.43. The molecule has 1 aliphatic rings. The van der Waals surface area contributed by atoms with Crippen molar-refractivity contribution in [3.63, 3.8) is 0 Å². The van der Waals surface area contributed by atoms with E-state index in [1.54, 1.807) is 11.8 Å². The molecule has 6 heteroatoms. The van der Waals surface area contributed by atoms with Crippen molar-refractivity contribution in [1.29, 1.82) is 0 Å². The number of carboxylic acids is 1. The Morgan fingerprint density at radius 2 is 2.29 bits per heavy atom. The van der Waals surface area contributed by atoms with E-state index in [0.29, 0.717) is 13.2 Å². The van der Waals surface area contributed by atoms with Crippen LogP contribution in [0.1, 0.15) is 6.92 Å². The number of carboxylic acid groups (broad SMARTS) is 1. The van der Waals surface area contributed by atoms with Crippen molar-refractivity contribution in [2.45, 2.75) is 19.1 Å². The molecule has 6 nitrogen and oxygen atoms in total. The van der Waals surface area contributed by atoms with Crippen LogP contribution >= 0.6 is 0 Å². The molecule has 1 fully saturated rings. The third-order valence-electron chi connectivity index (χ3n) is 2.32. The van der Waals surface area contributed by atoms with Crippen LogP contribution in [-0.4, -0.2) is 53.7 Å². The topological polar surface area (TPSA) is 92.9 Å². The van der Waals surface area contributed by atoms with Gasteiger partial charge in [0.15, 0.2) is 0 Å². The second-order valence-corrected chi connectivity index (χ2v) is 3.27. The Morgan fingerprint density at radius 3 is 2.79 bits per heavy atom. The van der Waals surface area contributed by atoms with Gasteiger partial charge in [0.2, 0.25) is 5.91 Å². The molecule has 1 heterocycles. The summed E-state index contributed by atoms with van der Waals surface area (Å²) in [6.07, 6.45) is -0.689. The first-order chi connectivity index (χ1) is 6.52. The number of hydrogen-bond donors (Lipinski definition) is 2. The molecule has 1 amide bonds. The van der Waals surface area contributed by atoms with Gasteiger partial charge in [0, 0.05) is 13.1 Å². The van der Waals surface area contributed by atoms with Gasteiger partial charge in [-0.15, -0.1) is 0 Å². The van der Waals surface area contributed by atoms with E-state index >= 15 is 0 Å². The summed E-state index contributed by atoms with van der Waals surface area (Å²) in [5.41, 5.74) is 5.07. The lowest BCUT2D eigenvalue weighted by molar-refractivity contribution is -0.149. The van der Waals surface area contributed by atoms with Gasteiger partial charge in [-0.1, -0.05) is 0 Å². The summed E-state index contributed by atoms with van der Waals surface area (Å²) in [5.74, 6) is -1.46. The second kappa shape index (κ2) is 4.39. The summed E-state index contributed by atoms with van der Waals surface area (Å²) in [4.78, 5) is 23.2. The van der Waals surface area contributed by atoms with Gasteiger partial charge in [-0.25, -0.2) is 0 Å². The van der Waals surface area contributed by atoms with E-state index in [0.717, 1.165) is 0 Å². The molecule has 1 saturated heterocycles. The molecular weight excluding hydrogens is 188 g/mol. The molecule has 0 bridgehead atoms. The maximum atomic E-state index is 10.8. The van der Waals surface area contributed by atoms with E-state index in [2.05, 4.69) is 0 Å². The molecule has 2 unspecified atom stereocenters. The van der Waals surface area contributed by atoms with Crippen molar-refractivity contribution in [2.24, 2.45) is 5.73 Å². The third-order valence-corrected chi connectivity index (χ3v) is 2.32. The van der Waals surface area contributed by atoms with Gasteiger partial charge in [-0.05, 0) is 6.92 Å². The van der Waals surface area contributed by atoms with E-state index in [4.69, 9.17) is 15.6 Å². The van der Waals surface area contributed by atoms with Crippen LogP contribution in [0.15, 0.2) is 0 Å². The molecule has 1 aliphatic heterocycles. The van der Waals surface area contributed by atoms with Gasteiger partial charge in [0.05, 0.1) is 6.61 Å². The predicted octanol–water partition coefficient (Wildman–Crippen LogP) is -1.35. The summed E-state index contributed by atoms with van der Waals surface area (Å²) in [5, 5.41) is 8.76. The zero-order valence-electron chi connectivity index (χ0n) is 7.97. The lowest BCUT2D eigenvalue weighted by atomic mass is 10.2. The zero-order chi connectivity index (χ0) is 10.7. The van der Waals surface area contributed by atoms with E-state index in [9.17, 15) is 9.59 Å². The summed E-state index contributed by atoms with van der Waals surface area (Å²) in [6, 6.07) is -0.610. The van der Waals surface area contributed by atoms with Crippen molar-refractivity contribution in [3.8, 4) is 0 Å². The highest BCUT2D eigenvalue weighted by molar-refractivity contribution is 5.79. The fourth-order valence-corrected chi connectivity index (χ4v) is 1.35. The van der Waals surface area contributed by atoms with Crippen LogP contribution in [0.4, 0.5) is 0 Å². The number of aliphatic carboxylic acids is 1. The maximum absolute atomic E-state index is 10.8. The maximum Gasteiger partial charge on any atom is 0.320 e. The largest absolute Gasteiger partial charge is 0.480 e. The summed E-state index contributed by atoms with van der Waals surface area (Å²) in [6.45, 7) is 2.68. The molecule has 0 spiro atoms. The van der Waals surface area contributed by atoms with Crippen molar-refractivity contribution in [3.05, 3.63) is 0 Å². The Morgan fingerprint density at radius 1 is 1.64 bits per heavy atom. The van der Waals surface area contributed by atoms with E-state index in [-0.39, 0.29) is 6.54 Å². The first-order valence-corrected chi connectivity index (χ1v) is 4.40. The first kappa shape index (κ1) is 10.9. The highest BCUT2D eigenvalue weighted by atomic mass is 16.5. The van der Waals surface area contributed by atoms with Crippen molar-refractivity contribution in [2.75, 3.05) is 19.7 Å². The van der Waals surface area contributed by atoms with Crippen LogP contribution in [0.3, 0.4) is 0 Å². The number of carbonyl (C=O) groups excluding carboxylic acids is 1. The van der Waals surface area contributed by atoms with Gasteiger partial charge in [0.1, 0.15) is 12.1 Å². The molecule has 0 aromatic heterocycles. The molecule has 14 heavy (non-hydrogen) atoms. The van der Waals surface area contributed by atoms with E-state index in [1.807, 2.05) is 0 Å². The van der Waals surface area contributed by atoms with E-state index in [1.165, 1.54) is 0 Å². The predicted molar refractivity (Wildman–Crippen MR) is 47.6 cm³/mol. The van der Waals surface area contributed by atoms with Crippen LogP contribution in [-0.2, 0) is 14.3 Å². The minimum Gasteiger partial charge on any atom is -0.480 e. The Hall–Kier alpha value is -1.14. The minimum absolute atomic E-state index is 0.253. The molecule has 0 saturated carbocycles. The van der Waals surface area contributed by atoms with E-state index < -0.39 is 24.0 Å². The Kier molecular flexibility index (Phi) is 3.43. The standard InChI is InChI=1S/C8H14N2O4/c1-5(8(12)13)10-2-3-14-6(4-10)7(9)11/h5-6H,2-4H2,1H3,(H2,9,11)(H,12,13). The lowest BCUT2D eigenvalue weighted by Crippen LogP contribution is -2.53. The zero-order valence-corrected chi connectivity index (χ0v) is 7.97. The number of rotatable bonds is 3. The average molecular weight is 202 g/mol. The number of ether oxygens (including phenoxy) is 1. The lowest BCUT2D eigenvalue weighted by Gasteiger charge is -2.33.